The van der Waals surface area contributed by atoms with Gasteiger partial charge in [-0.15, -0.1) is 5.10 Å². The number of halogens is 1. The highest BCUT2D eigenvalue weighted by atomic mass is 35.5. The molecule has 0 unspecified atom stereocenters. The van der Waals surface area contributed by atoms with E-state index in [9.17, 15) is 14.9 Å². The third-order valence-corrected chi connectivity index (χ3v) is 7.07. The molecule has 1 atom stereocenters. The molecule has 0 radical (unpaired) electrons. The Morgan fingerprint density at radius 3 is 2.63 bits per heavy atom. The lowest BCUT2D eigenvalue weighted by molar-refractivity contribution is -0.123. The highest BCUT2D eigenvalue weighted by molar-refractivity contribution is 6.33. The van der Waals surface area contributed by atoms with Crippen LogP contribution in [0.4, 0.5) is 10.6 Å². The molecule has 3 aromatic rings. The summed E-state index contributed by atoms with van der Waals surface area (Å²) in [5, 5.41) is 27.9. The predicted octanol–water partition coefficient (Wildman–Crippen LogP) is 4.79. The van der Waals surface area contributed by atoms with Gasteiger partial charge in [-0.1, -0.05) is 17.7 Å². The Kier molecular flexibility index (Phi) is 8.94. The van der Waals surface area contributed by atoms with E-state index in [1.54, 1.807) is 24.3 Å². The van der Waals surface area contributed by atoms with Crippen molar-refractivity contribution in [3.63, 3.8) is 0 Å². The van der Waals surface area contributed by atoms with Crippen molar-refractivity contribution in [3.8, 4) is 17.2 Å². The lowest BCUT2D eigenvalue weighted by Gasteiger charge is -2.21. The molecule has 1 aromatic heterocycles. The van der Waals surface area contributed by atoms with Gasteiger partial charge in [0, 0.05) is 22.5 Å². The van der Waals surface area contributed by atoms with Crippen LogP contribution < -0.4 is 10.6 Å². The standard InChI is InChI=1S/C26H26ClN5O3.CH2O2/c27-22-9-7-16(14-28)12-20(22)17-8-10-23-21(13-17)24(30-25(33)18-4-3-11-29-15-18)31-32(23)26(34)35-19-5-1-2-6-19;2-1-3/h7-10,12-13,18-19,29H,1-6,11,15H2,(H,30,31,33);1H,(H,2,3)/t18-;/m1./s1. The predicted molar refractivity (Wildman–Crippen MR) is 142 cm³/mol. The average molecular weight is 538 g/mol. The number of nitriles is 1. The van der Waals surface area contributed by atoms with Crippen LogP contribution in [0.1, 0.15) is 44.1 Å². The number of rotatable bonds is 4. The fourth-order valence-electron chi connectivity index (χ4n) is 4.83. The van der Waals surface area contributed by atoms with Crippen LogP contribution in [-0.2, 0) is 14.3 Å². The third kappa shape index (κ3) is 6.13. The van der Waals surface area contributed by atoms with Crippen molar-refractivity contribution in [2.24, 2.45) is 5.92 Å². The topological polar surface area (TPSA) is 146 Å². The molecule has 1 saturated carbocycles. The van der Waals surface area contributed by atoms with Crippen molar-refractivity contribution in [1.82, 2.24) is 15.1 Å². The minimum Gasteiger partial charge on any atom is -0.483 e. The van der Waals surface area contributed by atoms with Crippen LogP contribution in [0.15, 0.2) is 36.4 Å². The first-order chi connectivity index (χ1) is 18.4. The summed E-state index contributed by atoms with van der Waals surface area (Å²) in [7, 11) is 0. The van der Waals surface area contributed by atoms with Gasteiger partial charge in [0.25, 0.3) is 6.47 Å². The Balaban J connectivity index is 0.00000107. The lowest BCUT2D eigenvalue weighted by Crippen LogP contribution is -2.37. The maximum Gasteiger partial charge on any atom is 0.435 e. The summed E-state index contributed by atoms with van der Waals surface area (Å²) in [6.45, 7) is 1.26. The number of carboxylic acid groups (broad SMARTS) is 1. The number of nitrogens with one attached hydrogen (secondary N) is 2. The van der Waals surface area contributed by atoms with Gasteiger partial charge in [-0.05, 0) is 81.0 Å². The molecule has 2 aromatic carbocycles. The molecule has 10 nitrogen and oxygen atoms in total. The van der Waals surface area contributed by atoms with Gasteiger partial charge in [-0.2, -0.15) is 9.94 Å². The van der Waals surface area contributed by atoms with Crippen LogP contribution in [-0.4, -0.2) is 52.6 Å². The number of fused-ring (bicyclic) bond motifs is 1. The largest absolute Gasteiger partial charge is 0.483 e. The second kappa shape index (κ2) is 12.5. The molecular formula is C27H28ClN5O5. The second-order valence-corrected chi connectivity index (χ2v) is 9.63. The van der Waals surface area contributed by atoms with Gasteiger partial charge in [0.1, 0.15) is 6.10 Å². The first-order valence-electron chi connectivity index (χ1n) is 12.5. The van der Waals surface area contributed by atoms with Crippen LogP contribution >= 0.6 is 11.6 Å². The van der Waals surface area contributed by atoms with Gasteiger partial charge < -0.3 is 20.5 Å². The van der Waals surface area contributed by atoms with Crippen molar-refractivity contribution in [3.05, 3.63) is 47.0 Å². The number of hydrogen-bond acceptors (Lipinski definition) is 7. The van der Waals surface area contributed by atoms with Crippen molar-refractivity contribution < 1.29 is 24.2 Å². The number of aromatic nitrogens is 2. The number of piperidine rings is 1. The number of ether oxygens (including phenoxy) is 1. The highest BCUT2D eigenvalue weighted by Gasteiger charge is 2.26. The zero-order chi connectivity index (χ0) is 27.1. The molecule has 11 heteroatoms. The van der Waals surface area contributed by atoms with E-state index >= 15 is 0 Å². The first-order valence-corrected chi connectivity index (χ1v) is 12.9. The number of carbonyl (C=O) groups excluding carboxylic acids is 2. The van der Waals surface area contributed by atoms with E-state index in [4.69, 9.17) is 26.2 Å². The summed E-state index contributed by atoms with van der Waals surface area (Å²) in [5.41, 5.74) is 2.45. The molecule has 0 spiro atoms. The summed E-state index contributed by atoms with van der Waals surface area (Å²) in [6.07, 6.45) is 4.84. The summed E-state index contributed by atoms with van der Waals surface area (Å²) in [5.74, 6) is -0.00416. The molecular weight excluding hydrogens is 510 g/mol. The molecule has 2 heterocycles. The average Bonchev–Trinajstić information content (AvgIpc) is 3.57. The Morgan fingerprint density at radius 1 is 1.18 bits per heavy atom. The zero-order valence-corrected chi connectivity index (χ0v) is 21.4. The minimum absolute atomic E-state index is 0.111. The number of carbonyl (C=O) groups is 3. The highest BCUT2D eigenvalue weighted by Crippen LogP contribution is 2.34. The monoisotopic (exact) mass is 537 g/mol. The first kappa shape index (κ1) is 27.1. The van der Waals surface area contributed by atoms with E-state index in [2.05, 4.69) is 21.8 Å². The van der Waals surface area contributed by atoms with E-state index in [1.165, 1.54) is 4.68 Å². The van der Waals surface area contributed by atoms with Crippen LogP contribution in [0.5, 0.6) is 0 Å². The molecule has 2 fully saturated rings. The molecule has 2 aliphatic rings. The Morgan fingerprint density at radius 2 is 1.95 bits per heavy atom. The lowest BCUT2D eigenvalue weighted by atomic mass is 9.98. The number of anilines is 1. The number of hydrogen-bond donors (Lipinski definition) is 3. The summed E-state index contributed by atoms with van der Waals surface area (Å²) < 4.78 is 6.91. The Hall–Kier alpha value is -3.94. The smallest absolute Gasteiger partial charge is 0.435 e. The zero-order valence-electron chi connectivity index (χ0n) is 20.7. The van der Waals surface area contributed by atoms with Crippen molar-refractivity contribution in [2.45, 2.75) is 44.6 Å². The van der Waals surface area contributed by atoms with Crippen LogP contribution in [0.25, 0.3) is 22.0 Å². The summed E-state index contributed by atoms with van der Waals surface area (Å²) in [6, 6.07) is 12.6. The molecule has 38 heavy (non-hydrogen) atoms. The van der Waals surface area contributed by atoms with Crippen LogP contribution in [0.2, 0.25) is 5.02 Å². The van der Waals surface area contributed by atoms with Gasteiger partial charge in [-0.3, -0.25) is 9.59 Å². The molecule has 3 N–H and O–H groups in total. The van der Waals surface area contributed by atoms with E-state index in [0.717, 1.165) is 50.6 Å². The van der Waals surface area contributed by atoms with E-state index in [1.807, 2.05) is 12.1 Å². The maximum absolute atomic E-state index is 13.0. The van der Waals surface area contributed by atoms with Gasteiger partial charge in [-0.25, -0.2) is 4.79 Å². The molecule has 1 saturated heterocycles. The van der Waals surface area contributed by atoms with Crippen LogP contribution in [0.3, 0.4) is 0 Å². The Labute approximate surface area is 224 Å². The molecule has 0 bridgehead atoms. The fourth-order valence-corrected chi connectivity index (χ4v) is 5.05. The van der Waals surface area contributed by atoms with Gasteiger partial charge in [0.2, 0.25) is 5.91 Å². The quantitative estimate of drug-likeness (QED) is 0.402. The SMILES string of the molecule is N#Cc1ccc(Cl)c(-c2ccc3c(c2)c(NC(=O)[C@@H]2CCCNC2)nn3C(=O)OC2CCCC2)c1.O=CO. The summed E-state index contributed by atoms with van der Waals surface area (Å²) in [4.78, 5) is 34.4. The van der Waals surface area contributed by atoms with E-state index in [-0.39, 0.29) is 24.4 Å². The number of nitrogens with zero attached hydrogens (tertiary/aromatic N) is 3. The molecule has 198 valence electrons. The van der Waals surface area contributed by atoms with Crippen molar-refractivity contribution in [2.75, 3.05) is 18.4 Å². The molecule has 1 aliphatic heterocycles. The third-order valence-electron chi connectivity index (χ3n) is 6.74. The molecule has 1 aliphatic carbocycles. The maximum atomic E-state index is 13.0. The fraction of sp³-hybridized carbons (Fsp3) is 0.370. The number of amides is 1. The van der Waals surface area contributed by atoms with Crippen molar-refractivity contribution >= 4 is 46.8 Å². The second-order valence-electron chi connectivity index (χ2n) is 9.23. The van der Waals surface area contributed by atoms with Crippen LogP contribution in [0, 0.1) is 17.2 Å². The normalized spacial score (nSPS) is 17.2. The van der Waals surface area contributed by atoms with E-state index in [0.29, 0.717) is 39.4 Å². The Bertz CT molecular complexity index is 1370. The minimum atomic E-state index is -0.556. The van der Waals surface area contributed by atoms with E-state index < -0.39 is 6.09 Å². The number of benzene rings is 2. The summed E-state index contributed by atoms with van der Waals surface area (Å²) >= 11 is 6.43. The van der Waals surface area contributed by atoms with Gasteiger partial charge in [0.05, 0.1) is 23.1 Å². The molecule has 5 rings (SSSR count). The molecule has 1 amide bonds. The van der Waals surface area contributed by atoms with Gasteiger partial charge >= 0.3 is 6.09 Å². The van der Waals surface area contributed by atoms with Gasteiger partial charge in [0.15, 0.2) is 5.82 Å². The van der Waals surface area contributed by atoms with Crippen molar-refractivity contribution in [1.29, 1.82) is 5.26 Å².